The first-order valence-electron chi connectivity index (χ1n) is 5.56. The number of hydrogen-bond donors (Lipinski definition) is 2. The highest BCUT2D eigenvalue weighted by molar-refractivity contribution is 5.94. The number of carbonyl (C=O) groups excluding carboxylic acids is 2. The molecule has 0 radical (unpaired) electrons. The minimum atomic E-state index is -0.461. The Morgan fingerprint density at radius 1 is 1.12 bits per heavy atom. The third-order valence-corrected chi connectivity index (χ3v) is 2.54. The first-order valence-corrected chi connectivity index (χ1v) is 5.56. The normalized spacial score (nSPS) is 10.1. The van der Waals surface area contributed by atoms with Crippen LogP contribution in [0.3, 0.4) is 0 Å². The highest BCUT2D eigenvalue weighted by Gasteiger charge is 2.09. The molecule has 0 heterocycles. The molecule has 4 heteroatoms. The number of carbonyl (C=O) groups is 2. The summed E-state index contributed by atoms with van der Waals surface area (Å²) in [5, 5.41) is 2.81. The van der Waals surface area contributed by atoms with Crippen molar-refractivity contribution in [2.24, 2.45) is 5.73 Å². The van der Waals surface area contributed by atoms with Crippen molar-refractivity contribution < 1.29 is 9.59 Å². The second-order valence-electron chi connectivity index (χ2n) is 4.29. The molecule has 0 aromatic heterocycles. The van der Waals surface area contributed by atoms with Crippen LogP contribution in [0, 0.1) is 20.8 Å². The Morgan fingerprint density at radius 2 is 1.65 bits per heavy atom. The van der Waals surface area contributed by atoms with E-state index < -0.39 is 5.91 Å². The molecule has 0 spiro atoms. The average Bonchev–Trinajstić information content (AvgIpc) is 2.20. The quantitative estimate of drug-likeness (QED) is 0.834. The molecule has 0 aliphatic heterocycles. The zero-order chi connectivity index (χ0) is 13.0. The average molecular weight is 234 g/mol. The van der Waals surface area contributed by atoms with Gasteiger partial charge in [0, 0.05) is 18.5 Å². The van der Waals surface area contributed by atoms with Gasteiger partial charge in [0.2, 0.25) is 11.8 Å². The standard InChI is InChI=1S/C13H18N2O2/c1-8-6-9(2)13(10(3)7-8)15-12(17)5-4-11(14)16/h6-7H,4-5H2,1-3H3,(H2,14,16)(H,15,17). The van der Waals surface area contributed by atoms with Crippen molar-refractivity contribution in [3.8, 4) is 0 Å². The van der Waals surface area contributed by atoms with Gasteiger partial charge in [0.25, 0.3) is 0 Å². The number of anilines is 1. The Labute approximate surface area is 101 Å². The lowest BCUT2D eigenvalue weighted by Crippen LogP contribution is -2.18. The summed E-state index contributed by atoms with van der Waals surface area (Å²) in [6, 6.07) is 4.02. The predicted octanol–water partition coefficient (Wildman–Crippen LogP) is 1.82. The molecule has 0 saturated carbocycles. The zero-order valence-electron chi connectivity index (χ0n) is 10.5. The molecule has 0 aliphatic rings. The second-order valence-corrected chi connectivity index (χ2v) is 4.29. The maximum Gasteiger partial charge on any atom is 0.224 e. The lowest BCUT2D eigenvalue weighted by Gasteiger charge is -2.12. The number of aryl methyl sites for hydroxylation is 3. The van der Waals surface area contributed by atoms with Crippen molar-refractivity contribution in [1.82, 2.24) is 0 Å². The van der Waals surface area contributed by atoms with Crippen molar-refractivity contribution in [3.05, 3.63) is 28.8 Å². The molecule has 1 aromatic rings. The Kier molecular flexibility index (Phi) is 4.26. The van der Waals surface area contributed by atoms with E-state index in [9.17, 15) is 9.59 Å². The molecule has 92 valence electrons. The van der Waals surface area contributed by atoms with Crippen LogP contribution in [-0.4, -0.2) is 11.8 Å². The van der Waals surface area contributed by atoms with E-state index >= 15 is 0 Å². The van der Waals surface area contributed by atoms with Gasteiger partial charge in [-0.1, -0.05) is 17.7 Å². The van der Waals surface area contributed by atoms with Gasteiger partial charge in [0.1, 0.15) is 0 Å². The fourth-order valence-electron chi connectivity index (χ4n) is 1.82. The Balaban J connectivity index is 2.75. The van der Waals surface area contributed by atoms with Gasteiger partial charge in [-0.2, -0.15) is 0 Å². The van der Waals surface area contributed by atoms with Gasteiger partial charge in [-0.3, -0.25) is 9.59 Å². The van der Waals surface area contributed by atoms with E-state index in [0.717, 1.165) is 22.4 Å². The highest BCUT2D eigenvalue weighted by atomic mass is 16.2. The molecule has 2 amide bonds. The maximum atomic E-state index is 11.6. The van der Waals surface area contributed by atoms with Crippen LogP contribution in [0.1, 0.15) is 29.5 Å². The Hall–Kier alpha value is -1.84. The first kappa shape index (κ1) is 13.2. The first-order chi connectivity index (χ1) is 7.90. The number of benzene rings is 1. The lowest BCUT2D eigenvalue weighted by molar-refractivity contribution is -0.122. The van der Waals surface area contributed by atoms with Gasteiger partial charge in [0.15, 0.2) is 0 Å². The Morgan fingerprint density at radius 3 is 2.12 bits per heavy atom. The van der Waals surface area contributed by atoms with Crippen LogP contribution in [0.25, 0.3) is 0 Å². The van der Waals surface area contributed by atoms with E-state index in [4.69, 9.17) is 5.73 Å². The molecule has 3 N–H and O–H groups in total. The highest BCUT2D eigenvalue weighted by Crippen LogP contribution is 2.22. The summed E-state index contributed by atoms with van der Waals surface area (Å²) in [4.78, 5) is 22.2. The van der Waals surface area contributed by atoms with Gasteiger partial charge in [-0.05, 0) is 31.9 Å². The molecule has 0 saturated heterocycles. The van der Waals surface area contributed by atoms with Gasteiger partial charge < -0.3 is 11.1 Å². The Bertz CT molecular complexity index is 430. The van der Waals surface area contributed by atoms with Crippen LogP contribution in [0.4, 0.5) is 5.69 Å². The van der Waals surface area contributed by atoms with E-state index in [0.29, 0.717) is 0 Å². The third kappa shape index (κ3) is 3.90. The summed E-state index contributed by atoms with van der Waals surface area (Å²) in [6.45, 7) is 5.91. The van der Waals surface area contributed by atoms with E-state index in [-0.39, 0.29) is 18.7 Å². The number of primary amides is 1. The predicted molar refractivity (Wildman–Crippen MR) is 67.7 cm³/mol. The molecular formula is C13H18N2O2. The molecule has 0 bridgehead atoms. The van der Waals surface area contributed by atoms with Crippen LogP contribution in [-0.2, 0) is 9.59 Å². The SMILES string of the molecule is Cc1cc(C)c(NC(=O)CCC(N)=O)c(C)c1. The monoisotopic (exact) mass is 234 g/mol. The van der Waals surface area contributed by atoms with E-state index in [1.807, 2.05) is 32.9 Å². The maximum absolute atomic E-state index is 11.6. The number of amides is 2. The zero-order valence-corrected chi connectivity index (χ0v) is 10.5. The molecule has 4 nitrogen and oxygen atoms in total. The molecule has 0 unspecified atom stereocenters. The topological polar surface area (TPSA) is 72.2 Å². The smallest absolute Gasteiger partial charge is 0.224 e. The molecule has 0 fully saturated rings. The van der Waals surface area contributed by atoms with Crippen molar-refractivity contribution in [2.75, 3.05) is 5.32 Å². The summed E-state index contributed by atoms with van der Waals surface area (Å²) in [7, 11) is 0. The van der Waals surface area contributed by atoms with E-state index in [1.165, 1.54) is 0 Å². The summed E-state index contributed by atoms with van der Waals surface area (Å²) < 4.78 is 0. The van der Waals surface area contributed by atoms with Crippen molar-refractivity contribution in [2.45, 2.75) is 33.6 Å². The number of rotatable bonds is 4. The molecule has 0 atom stereocenters. The molecule has 0 aliphatic carbocycles. The van der Waals surface area contributed by atoms with Crippen LogP contribution < -0.4 is 11.1 Å². The lowest BCUT2D eigenvalue weighted by atomic mass is 10.0. The van der Waals surface area contributed by atoms with Crippen molar-refractivity contribution in [1.29, 1.82) is 0 Å². The largest absolute Gasteiger partial charge is 0.370 e. The molecule has 1 rings (SSSR count). The number of hydrogen-bond acceptors (Lipinski definition) is 2. The van der Waals surface area contributed by atoms with Gasteiger partial charge in [-0.15, -0.1) is 0 Å². The minimum Gasteiger partial charge on any atom is -0.370 e. The van der Waals surface area contributed by atoms with Gasteiger partial charge >= 0.3 is 0 Å². The molecular weight excluding hydrogens is 216 g/mol. The van der Waals surface area contributed by atoms with Crippen molar-refractivity contribution in [3.63, 3.8) is 0 Å². The van der Waals surface area contributed by atoms with Crippen molar-refractivity contribution >= 4 is 17.5 Å². The van der Waals surface area contributed by atoms with Crippen LogP contribution in [0.15, 0.2) is 12.1 Å². The summed E-state index contributed by atoms with van der Waals surface area (Å²) in [5.41, 5.74) is 9.03. The van der Waals surface area contributed by atoms with Crippen LogP contribution in [0.2, 0.25) is 0 Å². The van der Waals surface area contributed by atoms with Crippen LogP contribution in [0.5, 0.6) is 0 Å². The minimum absolute atomic E-state index is 0.0792. The summed E-state index contributed by atoms with van der Waals surface area (Å²) in [6.07, 6.45) is 0.206. The van der Waals surface area contributed by atoms with E-state index in [2.05, 4.69) is 5.32 Å². The third-order valence-electron chi connectivity index (χ3n) is 2.54. The molecule has 17 heavy (non-hydrogen) atoms. The summed E-state index contributed by atoms with van der Waals surface area (Å²) in [5.74, 6) is -0.642. The van der Waals surface area contributed by atoms with Crippen LogP contribution >= 0.6 is 0 Å². The molecule has 1 aromatic carbocycles. The fraction of sp³-hybridized carbons (Fsp3) is 0.385. The second kappa shape index (κ2) is 5.48. The van der Waals surface area contributed by atoms with Gasteiger partial charge in [-0.25, -0.2) is 0 Å². The number of nitrogens with one attached hydrogen (secondary N) is 1. The number of nitrogens with two attached hydrogens (primary N) is 1. The van der Waals surface area contributed by atoms with E-state index in [1.54, 1.807) is 0 Å². The van der Waals surface area contributed by atoms with Gasteiger partial charge in [0.05, 0.1) is 0 Å². The fourth-order valence-corrected chi connectivity index (χ4v) is 1.82. The summed E-state index contributed by atoms with van der Waals surface area (Å²) >= 11 is 0.